The van der Waals surface area contributed by atoms with E-state index in [9.17, 15) is 9.18 Å². The maximum Gasteiger partial charge on any atom is 0.298 e. The zero-order valence-electron chi connectivity index (χ0n) is 14.7. The van der Waals surface area contributed by atoms with Crippen molar-refractivity contribution in [2.24, 2.45) is 0 Å². The van der Waals surface area contributed by atoms with E-state index >= 15 is 0 Å². The number of fused-ring (bicyclic) bond motifs is 2. The van der Waals surface area contributed by atoms with Gasteiger partial charge in [0, 0.05) is 19.2 Å². The van der Waals surface area contributed by atoms with Crippen molar-refractivity contribution in [1.82, 2.24) is 24.7 Å². The van der Waals surface area contributed by atoms with Gasteiger partial charge in [-0.1, -0.05) is 23.5 Å². The number of thiazole rings is 1. The predicted octanol–water partition coefficient (Wildman–Crippen LogP) is 3.22. The molecular formula is C19H15FN6OS. The summed E-state index contributed by atoms with van der Waals surface area (Å²) in [5, 5.41) is 8.64. The zero-order chi connectivity index (χ0) is 19.1. The number of rotatable bonds is 4. The number of carbonyl (C=O) groups excluding carboxylic acids is 1. The van der Waals surface area contributed by atoms with Crippen LogP contribution in [0.4, 0.5) is 9.52 Å². The van der Waals surface area contributed by atoms with Gasteiger partial charge in [-0.3, -0.25) is 14.7 Å². The van der Waals surface area contributed by atoms with Crippen LogP contribution in [0.5, 0.6) is 0 Å². The molecule has 0 saturated heterocycles. The highest BCUT2D eigenvalue weighted by molar-refractivity contribution is 7.22. The summed E-state index contributed by atoms with van der Waals surface area (Å²) >= 11 is 1.27. The summed E-state index contributed by atoms with van der Waals surface area (Å²) < 4.78 is 16.7. The van der Waals surface area contributed by atoms with Gasteiger partial charge in [-0.15, -0.1) is 10.2 Å². The molecule has 1 aliphatic rings. The van der Waals surface area contributed by atoms with Crippen molar-refractivity contribution in [3.05, 3.63) is 65.8 Å². The SMILES string of the molecule is O=C(c1nnc2n1CCC2)N(Cc1ccccn1)c1nc2c(F)cccc2s1. The maximum absolute atomic E-state index is 14.1. The number of hydrogen-bond donors (Lipinski definition) is 0. The minimum atomic E-state index is -0.409. The minimum absolute atomic E-state index is 0.212. The predicted molar refractivity (Wildman–Crippen MR) is 103 cm³/mol. The number of carbonyl (C=O) groups is 1. The van der Waals surface area contributed by atoms with Crippen LogP contribution in [0.2, 0.25) is 0 Å². The Hall–Kier alpha value is -3.20. The van der Waals surface area contributed by atoms with Crippen molar-refractivity contribution >= 4 is 32.6 Å². The van der Waals surface area contributed by atoms with E-state index < -0.39 is 5.82 Å². The molecule has 140 valence electrons. The van der Waals surface area contributed by atoms with E-state index in [0.717, 1.165) is 25.2 Å². The van der Waals surface area contributed by atoms with Crippen LogP contribution in [0.3, 0.4) is 0 Å². The number of para-hydroxylation sites is 1. The minimum Gasteiger partial charge on any atom is -0.307 e. The highest BCUT2D eigenvalue weighted by Gasteiger charge is 2.29. The van der Waals surface area contributed by atoms with E-state index in [1.165, 1.54) is 22.3 Å². The first-order valence-corrected chi connectivity index (χ1v) is 9.71. The fourth-order valence-corrected chi connectivity index (χ4v) is 4.31. The summed E-state index contributed by atoms with van der Waals surface area (Å²) in [6, 6.07) is 10.3. The highest BCUT2D eigenvalue weighted by Crippen LogP contribution is 2.32. The van der Waals surface area contributed by atoms with Gasteiger partial charge in [0.2, 0.25) is 5.82 Å². The number of hydrogen-bond acceptors (Lipinski definition) is 6. The molecule has 1 aromatic carbocycles. The highest BCUT2D eigenvalue weighted by atomic mass is 32.1. The summed E-state index contributed by atoms with van der Waals surface area (Å²) in [5.74, 6) is 0.374. The number of aromatic nitrogens is 5. The van der Waals surface area contributed by atoms with Crippen LogP contribution in [0.1, 0.15) is 28.6 Å². The molecular weight excluding hydrogens is 379 g/mol. The lowest BCUT2D eigenvalue weighted by Gasteiger charge is -2.19. The molecule has 7 nitrogen and oxygen atoms in total. The summed E-state index contributed by atoms with van der Waals surface area (Å²) in [6.45, 7) is 0.929. The molecule has 0 aliphatic carbocycles. The van der Waals surface area contributed by atoms with Gasteiger partial charge < -0.3 is 4.57 Å². The largest absolute Gasteiger partial charge is 0.307 e. The molecule has 0 fully saturated rings. The standard InChI is InChI=1S/C19H15FN6OS/c20-13-6-3-7-14-16(13)22-19(28-14)26(11-12-5-1-2-9-21-12)18(27)17-24-23-15-8-4-10-25(15)17/h1-3,5-7,9H,4,8,10-11H2. The normalized spacial score (nSPS) is 13.0. The molecule has 3 aromatic heterocycles. The Morgan fingerprint density at radius 2 is 2.14 bits per heavy atom. The third-order valence-electron chi connectivity index (χ3n) is 4.68. The average molecular weight is 394 g/mol. The maximum atomic E-state index is 14.1. The first-order valence-electron chi connectivity index (χ1n) is 8.89. The van der Waals surface area contributed by atoms with Crippen molar-refractivity contribution in [2.75, 3.05) is 4.90 Å². The molecule has 0 radical (unpaired) electrons. The zero-order valence-corrected chi connectivity index (χ0v) is 15.6. The fourth-order valence-electron chi connectivity index (χ4n) is 3.33. The molecule has 0 unspecified atom stereocenters. The second kappa shape index (κ2) is 6.75. The monoisotopic (exact) mass is 394 g/mol. The van der Waals surface area contributed by atoms with Crippen LogP contribution < -0.4 is 4.90 Å². The van der Waals surface area contributed by atoms with Crippen molar-refractivity contribution in [2.45, 2.75) is 25.9 Å². The third-order valence-corrected chi connectivity index (χ3v) is 5.73. The lowest BCUT2D eigenvalue weighted by molar-refractivity contribution is 0.0970. The number of amides is 1. The molecule has 0 N–H and O–H groups in total. The Morgan fingerprint density at radius 3 is 2.96 bits per heavy atom. The number of halogens is 1. The summed E-state index contributed by atoms with van der Waals surface area (Å²) in [6.07, 6.45) is 3.43. The average Bonchev–Trinajstić information content (AvgIpc) is 3.42. The number of nitrogens with zero attached hydrogens (tertiary/aromatic N) is 6. The Kier molecular flexibility index (Phi) is 4.09. The van der Waals surface area contributed by atoms with Crippen molar-refractivity contribution in [3.8, 4) is 0 Å². The molecule has 1 aliphatic heterocycles. The number of aryl methyl sites for hydroxylation is 1. The topological polar surface area (TPSA) is 76.8 Å². The van der Waals surface area contributed by atoms with Crippen LogP contribution in [-0.2, 0) is 19.5 Å². The van der Waals surface area contributed by atoms with Gasteiger partial charge in [0.25, 0.3) is 5.91 Å². The van der Waals surface area contributed by atoms with E-state index in [0.29, 0.717) is 15.5 Å². The van der Waals surface area contributed by atoms with Gasteiger partial charge in [0.1, 0.15) is 17.2 Å². The molecule has 0 bridgehead atoms. The van der Waals surface area contributed by atoms with Gasteiger partial charge >= 0.3 is 0 Å². The third kappa shape index (κ3) is 2.84. The van der Waals surface area contributed by atoms with Gasteiger partial charge in [0.15, 0.2) is 5.13 Å². The van der Waals surface area contributed by atoms with E-state index in [4.69, 9.17) is 0 Å². The van der Waals surface area contributed by atoms with Crippen molar-refractivity contribution < 1.29 is 9.18 Å². The number of benzene rings is 1. The number of pyridine rings is 1. The Balaban J connectivity index is 1.59. The molecule has 0 saturated carbocycles. The van der Waals surface area contributed by atoms with E-state index in [-0.39, 0.29) is 23.8 Å². The second-order valence-electron chi connectivity index (χ2n) is 6.49. The molecule has 28 heavy (non-hydrogen) atoms. The van der Waals surface area contributed by atoms with Gasteiger partial charge in [-0.2, -0.15) is 0 Å². The quantitative estimate of drug-likeness (QED) is 0.531. The van der Waals surface area contributed by atoms with Crippen molar-refractivity contribution in [3.63, 3.8) is 0 Å². The molecule has 4 heterocycles. The lowest BCUT2D eigenvalue weighted by Crippen LogP contribution is -2.33. The molecule has 1 amide bonds. The molecule has 9 heteroatoms. The summed E-state index contributed by atoms with van der Waals surface area (Å²) in [4.78, 5) is 23.6. The molecule has 4 aromatic rings. The Labute approximate surface area is 163 Å². The van der Waals surface area contributed by atoms with Gasteiger partial charge in [0.05, 0.1) is 16.9 Å². The van der Waals surface area contributed by atoms with Crippen LogP contribution in [0.25, 0.3) is 10.2 Å². The number of anilines is 1. The smallest absolute Gasteiger partial charge is 0.298 e. The van der Waals surface area contributed by atoms with Crippen LogP contribution in [-0.4, -0.2) is 30.6 Å². The van der Waals surface area contributed by atoms with E-state index in [1.807, 2.05) is 22.8 Å². The van der Waals surface area contributed by atoms with Crippen molar-refractivity contribution in [1.29, 1.82) is 0 Å². The fraction of sp³-hybridized carbons (Fsp3) is 0.211. The summed E-state index contributed by atoms with van der Waals surface area (Å²) in [5.41, 5.74) is 0.963. The Morgan fingerprint density at radius 1 is 1.21 bits per heavy atom. The van der Waals surface area contributed by atoms with E-state index in [1.54, 1.807) is 18.3 Å². The Bertz CT molecular complexity index is 1170. The molecule has 0 atom stereocenters. The van der Waals surface area contributed by atoms with Crippen LogP contribution in [0, 0.1) is 5.82 Å². The molecule has 5 rings (SSSR count). The van der Waals surface area contributed by atoms with Gasteiger partial charge in [-0.05, 0) is 30.7 Å². The summed E-state index contributed by atoms with van der Waals surface area (Å²) in [7, 11) is 0. The first kappa shape index (κ1) is 16.9. The van der Waals surface area contributed by atoms with E-state index in [2.05, 4.69) is 20.2 Å². The second-order valence-corrected chi connectivity index (χ2v) is 7.50. The first-order chi connectivity index (χ1) is 13.7. The molecule has 0 spiro atoms. The van der Waals surface area contributed by atoms with Crippen LogP contribution >= 0.6 is 11.3 Å². The van der Waals surface area contributed by atoms with Crippen LogP contribution in [0.15, 0.2) is 42.6 Å². The lowest BCUT2D eigenvalue weighted by atomic mass is 10.3. The van der Waals surface area contributed by atoms with Gasteiger partial charge in [-0.25, -0.2) is 9.37 Å².